The zero-order valence-corrected chi connectivity index (χ0v) is 19.8. The van der Waals surface area contributed by atoms with Crippen LogP contribution in [0.15, 0.2) is 79.1 Å². The van der Waals surface area contributed by atoms with Crippen LogP contribution in [0, 0.1) is 11.6 Å². The molecule has 0 aliphatic carbocycles. The van der Waals surface area contributed by atoms with E-state index in [0.717, 1.165) is 29.0 Å². The molecule has 0 saturated heterocycles. The van der Waals surface area contributed by atoms with E-state index >= 15 is 0 Å². The van der Waals surface area contributed by atoms with Crippen LogP contribution < -0.4 is 5.32 Å². The maximum absolute atomic E-state index is 14.1. The van der Waals surface area contributed by atoms with Gasteiger partial charge in [-0.1, -0.05) is 60.1 Å². The fourth-order valence-corrected chi connectivity index (χ4v) is 4.60. The molecule has 0 saturated carbocycles. The van der Waals surface area contributed by atoms with Gasteiger partial charge < -0.3 is 10.4 Å². The first-order valence-electron chi connectivity index (χ1n) is 11.2. The molecule has 5 rings (SSSR count). The van der Waals surface area contributed by atoms with Gasteiger partial charge in [-0.3, -0.25) is 14.8 Å². The minimum Gasteiger partial charge on any atom is -0.480 e. The van der Waals surface area contributed by atoms with E-state index in [-0.39, 0.29) is 6.42 Å². The first kappa shape index (κ1) is 24.3. The predicted octanol–water partition coefficient (Wildman–Crippen LogP) is 5.81. The molecule has 1 amide bonds. The number of fused-ring (bicyclic) bond motifs is 2. The molecule has 0 bridgehead atoms. The lowest BCUT2D eigenvalue weighted by atomic mass is 9.96. The summed E-state index contributed by atoms with van der Waals surface area (Å²) in [4.78, 5) is 33.6. The molecule has 2 heterocycles. The lowest BCUT2D eigenvalue weighted by Crippen LogP contribution is -2.43. The van der Waals surface area contributed by atoms with E-state index in [1.807, 2.05) is 24.3 Å². The number of hydrogen-bond donors (Lipinski definition) is 2. The van der Waals surface area contributed by atoms with Crippen LogP contribution >= 0.6 is 11.6 Å². The highest BCUT2D eigenvalue weighted by Gasteiger charge is 2.26. The van der Waals surface area contributed by atoms with E-state index in [0.29, 0.717) is 32.7 Å². The minimum atomic E-state index is -1.46. The Kier molecular flexibility index (Phi) is 6.50. The quantitative estimate of drug-likeness (QED) is 0.297. The number of hydrogen-bond acceptors (Lipinski definition) is 4. The summed E-state index contributed by atoms with van der Waals surface area (Å²) in [5.41, 5.74) is 1.44. The van der Waals surface area contributed by atoms with Crippen molar-refractivity contribution in [1.29, 1.82) is 0 Å². The number of carbonyl (C=O) groups excluding carboxylic acids is 1. The Balaban J connectivity index is 1.53. The van der Waals surface area contributed by atoms with Crippen LogP contribution in [-0.2, 0) is 11.2 Å². The van der Waals surface area contributed by atoms with Gasteiger partial charge in [-0.2, -0.15) is 0 Å². The molecular weight excluding hydrogens is 500 g/mol. The molecule has 0 fully saturated rings. The number of pyridine rings is 2. The summed E-state index contributed by atoms with van der Waals surface area (Å²) < 4.78 is 28.1. The van der Waals surface area contributed by atoms with E-state index in [1.54, 1.807) is 36.7 Å². The zero-order chi connectivity index (χ0) is 26.1. The van der Waals surface area contributed by atoms with Gasteiger partial charge in [0.2, 0.25) is 0 Å². The number of carboxylic acid groups (broad SMARTS) is 1. The van der Waals surface area contributed by atoms with Crippen LogP contribution in [0.1, 0.15) is 15.9 Å². The summed E-state index contributed by atoms with van der Waals surface area (Å²) in [5.74, 6) is -4.68. The number of carboxylic acids is 1. The van der Waals surface area contributed by atoms with E-state index in [1.165, 1.54) is 0 Å². The Morgan fingerprint density at radius 2 is 1.65 bits per heavy atom. The van der Waals surface area contributed by atoms with Gasteiger partial charge in [0.1, 0.15) is 23.2 Å². The largest absolute Gasteiger partial charge is 0.480 e. The molecule has 1 atom stereocenters. The number of aromatic nitrogens is 2. The van der Waals surface area contributed by atoms with Crippen LogP contribution in [0.4, 0.5) is 8.78 Å². The highest BCUT2D eigenvalue weighted by atomic mass is 35.5. The van der Waals surface area contributed by atoms with Gasteiger partial charge in [0.25, 0.3) is 5.91 Å². The lowest BCUT2D eigenvalue weighted by Gasteiger charge is -2.17. The van der Waals surface area contributed by atoms with Gasteiger partial charge in [-0.15, -0.1) is 0 Å². The molecule has 6 nitrogen and oxygen atoms in total. The van der Waals surface area contributed by atoms with Gasteiger partial charge in [-0.25, -0.2) is 13.6 Å². The monoisotopic (exact) mass is 517 g/mol. The maximum atomic E-state index is 14.1. The van der Waals surface area contributed by atoms with E-state index in [9.17, 15) is 23.5 Å². The number of halogens is 3. The Morgan fingerprint density at radius 3 is 2.41 bits per heavy atom. The van der Waals surface area contributed by atoms with Crippen LogP contribution in [0.3, 0.4) is 0 Å². The van der Waals surface area contributed by atoms with E-state index < -0.39 is 35.1 Å². The molecule has 5 aromatic rings. The molecule has 0 spiro atoms. The molecule has 37 heavy (non-hydrogen) atoms. The molecule has 184 valence electrons. The van der Waals surface area contributed by atoms with Gasteiger partial charge >= 0.3 is 5.97 Å². The van der Waals surface area contributed by atoms with Crippen molar-refractivity contribution >= 4 is 45.2 Å². The Labute approximate surface area is 214 Å². The first-order valence-corrected chi connectivity index (χ1v) is 11.6. The number of aliphatic carboxylic acids is 1. The Morgan fingerprint density at radius 1 is 0.919 bits per heavy atom. The smallest absolute Gasteiger partial charge is 0.326 e. The fourth-order valence-electron chi connectivity index (χ4n) is 4.28. The SMILES string of the molecule is O=C(NC(Cc1ccc(-c2ncc3ccccc3c2Cl)c2ncccc12)C(=O)O)c1c(F)cccc1F. The predicted molar refractivity (Wildman–Crippen MR) is 136 cm³/mol. The number of carbonyl (C=O) groups is 2. The molecule has 0 aliphatic heterocycles. The van der Waals surface area contributed by atoms with Gasteiger partial charge in [0.15, 0.2) is 0 Å². The molecule has 0 aliphatic rings. The summed E-state index contributed by atoms with van der Waals surface area (Å²) in [6, 6.07) is 16.0. The van der Waals surface area contributed by atoms with Crippen molar-refractivity contribution in [2.45, 2.75) is 12.5 Å². The molecular formula is C28H18ClF2N3O3. The van der Waals surface area contributed by atoms with Gasteiger partial charge in [-0.05, 0) is 23.8 Å². The van der Waals surface area contributed by atoms with E-state index in [4.69, 9.17) is 11.6 Å². The Hall–Kier alpha value is -4.43. The third kappa shape index (κ3) is 4.59. The van der Waals surface area contributed by atoms with Crippen molar-refractivity contribution < 1.29 is 23.5 Å². The highest BCUT2D eigenvalue weighted by Crippen LogP contribution is 2.36. The second-order valence-corrected chi connectivity index (χ2v) is 8.72. The third-order valence-corrected chi connectivity index (χ3v) is 6.45. The number of nitrogens with one attached hydrogen (secondary N) is 1. The molecule has 0 radical (unpaired) electrons. The van der Waals surface area contributed by atoms with Crippen molar-refractivity contribution in [3.8, 4) is 11.3 Å². The topological polar surface area (TPSA) is 92.2 Å². The summed E-state index contributed by atoms with van der Waals surface area (Å²) in [6.45, 7) is 0. The maximum Gasteiger partial charge on any atom is 0.326 e. The average molecular weight is 518 g/mol. The number of rotatable bonds is 6. The normalized spacial score (nSPS) is 12.0. The molecule has 3 aromatic carbocycles. The molecule has 9 heteroatoms. The fraction of sp³-hybridized carbons (Fsp3) is 0.0714. The van der Waals surface area contributed by atoms with E-state index in [2.05, 4.69) is 15.3 Å². The summed E-state index contributed by atoms with van der Waals surface area (Å²) in [6.07, 6.45) is 3.16. The molecule has 2 aromatic heterocycles. The summed E-state index contributed by atoms with van der Waals surface area (Å²) >= 11 is 6.71. The van der Waals surface area contributed by atoms with Crippen molar-refractivity contribution in [2.75, 3.05) is 0 Å². The second-order valence-electron chi connectivity index (χ2n) is 8.34. The van der Waals surface area contributed by atoms with Crippen LogP contribution in [-0.4, -0.2) is 33.0 Å². The average Bonchev–Trinajstić information content (AvgIpc) is 2.89. The Bertz CT molecular complexity index is 1670. The minimum absolute atomic E-state index is 0.154. The second kappa shape index (κ2) is 9.91. The van der Waals surface area contributed by atoms with Gasteiger partial charge in [0.05, 0.1) is 16.2 Å². The van der Waals surface area contributed by atoms with Crippen LogP contribution in [0.2, 0.25) is 5.02 Å². The number of benzene rings is 3. The first-order chi connectivity index (χ1) is 17.8. The van der Waals surface area contributed by atoms with Crippen LogP contribution in [0.25, 0.3) is 32.9 Å². The van der Waals surface area contributed by atoms with Crippen molar-refractivity contribution in [3.63, 3.8) is 0 Å². The summed E-state index contributed by atoms with van der Waals surface area (Å²) in [5, 5.41) is 14.8. The van der Waals surface area contributed by atoms with Crippen molar-refractivity contribution in [3.05, 3.63) is 107 Å². The molecule has 2 N–H and O–H groups in total. The number of nitrogens with zero attached hydrogens (tertiary/aromatic N) is 2. The summed E-state index contributed by atoms with van der Waals surface area (Å²) in [7, 11) is 0. The molecule has 1 unspecified atom stereocenters. The van der Waals surface area contributed by atoms with Crippen molar-refractivity contribution in [1.82, 2.24) is 15.3 Å². The standard InChI is InChI=1S/C28H18ClF2N3O3/c29-24-17-6-2-1-5-16(17)14-33-26(24)19-11-10-15(18-7-4-12-32-25(18)19)13-22(28(36)37)34-27(35)23-20(30)8-3-9-21(23)31/h1-12,14,22H,13H2,(H,34,35)(H,36,37). The highest BCUT2D eigenvalue weighted by molar-refractivity contribution is 6.38. The van der Waals surface area contributed by atoms with Gasteiger partial charge in [0, 0.05) is 40.5 Å². The number of amides is 1. The third-order valence-electron chi connectivity index (χ3n) is 6.07. The van der Waals surface area contributed by atoms with Crippen LogP contribution in [0.5, 0.6) is 0 Å². The zero-order valence-electron chi connectivity index (χ0n) is 19.1. The lowest BCUT2D eigenvalue weighted by molar-refractivity contribution is -0.139. The van der Waals surface area contributed by atoms with Crippen molar-refractivity contribution in [2.24, 2.45) is 0 Å².